The topological polar surface area (TPSA) is 26.3 Å². The van der Waals surface area contributed by atoms with Gasteiger partial charge in [0.1, 0.15) is 5.75 Å². The van der Waals surface area contributed by atoms with Gasteiger partial charge in [-0.2, -0.15) is 0 Å². The highest BCUT2D eigenvalue weighted by atomic mass is 16.5. The Morgan fingerprint density at radius 1 is 0.909 bits per heavy atom. The minimum Gasteiger partial charge on any atom is -0.494 e. The number of unbranched alkanes of at least 4 members (excludes halogenated alkanes) is 4. The SMILES string of the molecule is CCCCCCCOc1ccc(-c2ccccc2C=O)cc1. The minimum atomic E-state index is 0.715. The molecule has 0 saturated carbocycles. The van der Waals surface area contributed by atoms with Crippen molar-refractivity contribution >= 4 is 6.29 Å². The zero-order valence-electron chi connectivity index (χ0n) is 13.3. The Balaban J connectivity index is 1.89. The largest absolute Gasteiger partial charge is 0.494 e. The Labute approximate surface area is 133 Å². The standard InChI is InChI=1S/C20H24O2/c1-2-3-4-5-8-15-22-19-13-11-17(12-14-19)20-10-7-6-9-18(20)16-21/h6-7,9-14,16H,2-5,8,15H2,1H3. The predicted molar refractivity (Wildman–Crippen MR) is 91.5 cm³/mol. The van der Waals surface area contributed by atoms with Crippen molar-refractivity contribution in [3.8, 4) is 16.9 Å². The summed E-state index contributed by atoms with van der Waals surface area (Å²) in [6, 6.07) is 15.6. The van der Waals surface area contributed by atoms with Crippen LogP contribution in [0, 0.1) is 0 Å². The Kier molecular flexibility index (Phi) is 6.69. The highest BCUT2D eigenvalue weighted by Crippen LogP contribution is 2.25. The van der Waals surface area contributed by atoms with Crippen molar-refractivity contribution in [2.45, 2.75) is 39.0 Å². The second kappa shape index (κ2) is 9.04. The van der Waals surface area contributed by atoms with E-state index in [1.165, 1.54) is 25.7 Å². The summed E-state index contributed by atoms with van der Waals surface area (Å²) in [6.07, 6.45) is 7.11. The van der Waals surface area contributed by atoms with Gasteiger partial charge in [0.2, 0.25) is 0 Å². The van der Waals surface area contributed by atoms with E-state index in [1.807, 2.05) is 48.5 Å². The molecule has 0 fully saturated rings. The lowest BCUT2D eigenvalue weighted by Crippen LogP contribution is -1.97. The van der Waals surface area contributed by atoms with Crippen molar-refractivity contribution in [3.63, 3.8) is 0 Å². The first-order chi connectivity index (χ1) is 10.8. The summed E-state index contributed by atoms with van der Waals surface area (Å²) in [4.78, 5) is 11.1. The summed E-state index contributed by atoms with van der Waals surface area (Å²) in [5.74, 6) is 0.892. The molecule has 0 unspecified atom stereocenters. The molecule has 0 amide bonds. The third kappa shape index (κ3) is 4.73. The first kappa shape index (κ1) is 16.3. The van der Waals surface area contributed by atoms with Gasteiger partial charge in [-0.1, -0.05) is 69.0 Å². The third-order valence-corrected chi connectivity index (χ3v) is 3.77. The molecule has 2 rings (SSSR count). The Hall–Kier alpha value is -2.09. The first-order valence-electron chi connectivity index (χ1n) is 8.12. The van der Waals surface area contributed by atoms with E-state index >= 15 is 0 Å². The van der Waals surface area contributed by atoms with E-state index in [1.54, 1.807) is 0 Å². The summed E-state index contributed by atoms with van der Waals surface area (Å²) in [5, 5.41) is 0. The maximum atomic E-state index is 11.1. The molecule has 0 heterocycles. The molecule has 116 valence electrons. The van der Waals surface area contributed by atoms with Crippen molar-refractivity contribution < 1.29 is 9.53 Å². The van der Waals surface area contributed by atoms with Gasteiger partial charge in [-0.25, -0.2) is 0 Å². The number of carbonyl (C=O) groups is 1. The van der Waals surface area contributed by atoms with E-state index in [9.17, 15) is 4.79 Å². The summed E-state index contributed by atoms with van der Waals surface area (Å²) >= 11 is 0. The van der Waals surface area contributed by atoms with Crippen molar-refractivity contribution in [3.05, 3.63) is 54.1 Å². The van der Waals surface area contributed by atoms with Gasteiger partial charge in [0.25, 0.3) is 0 Å². The predicted octanol–water partition coefficient (Wildman–Crippen LogP) is 5.52. The molecule has 2 heteroatoms. The fraction of sp³-hybridized carbons (Fsp3) is 0.350. The fourth-order valence-electron chi connectivity index (χ4n) is 2.49. The van der Waals surface area contributed by atoms with Gasteiger partial charge in [-0.3, -0.25) is 4.79 Å². The van der Waals surface area contributed by atoms with Crippen LogP contribution in [0.5, 0.6) is 5.75 Å². The van der Waals surface area contributed by atoms with Crippen LogP contribution in [0.15, 0.2) is 48.5 Å². The van der Waals surface area contributed by atoms with Crippen LogP contribution in [0.25, 0.3) is 11.1 Å². The number of hydrogen-bond acceptors (Lipinski definition) is 2. The maximum Gasteiger partial charge on any atom is 0.150 e. The van der Waals surface area contributed by atoms with Gasteiger partial charge < -0.3 is 4.74 Å². The number of rotatable bonds is 9. The zero-order chi connectivity index (χ0) is 15.6. The number of carbonyl (C=O) groups excluding carboxylic acids is 1. The summed E-state index contributed by atoms with van der Waals surface area (Å²) in [5.41, 5.74) is 2.72. The van der Waals surface area contributed by atoms with Crippen LogP contribution in [-0.4, -0.2) is 12.9 Å². The van der Waals surface area contributed by atoms with E-state index in [-0.39, 0.29) is 0 Å². The second-order valence-corrected chi connectivity index (χ2v) is 5.49. The minimum absolute atomic E-state index is 0.715. The fourth-order valence-corrected chi connectivity index (χ4v) is 2.49. The number of hydrogen-bond donors (Lipinski definition) is 0. The molecule has 0 radical (unpaired) electrons. The van der Waals surface area contributed by atoms with E-state index in [2.05, 4.69) is 6.92 Å². The molecule has 0 aliphatic rings. The van der Waals surface area contributed by atoms with Crippen LogP contribution in [0.1, 0.15) is 49.4 Å². The van der Waals surface area contributed by atoms with Crippen LogP contribution in [-0.2, 0) is 0 Å². The van der Waals surface area contributed by atoms with Gasteiger partial charge in [0, 0.05) is 5.56 Å². The molecule has 2 aromatic rings. The van der Waals surface area contributed by atoms with Crippen molar-refractivity contribution in [2.75, 3.05) is 6.61 Å². The van der Waals surface area contributed by atoms with E-state index in [0.717, 1.165) is 36.2 Å². The summed E-state index contributed by atoms with van der Waals surface area (Å²) < 4.78 is 5.76. The highest BCUT2D eigenvalue weighted by Gasteiger charge is 2.03. The normalized spacial score (nSPS) is 10.4. The van der Waals surface area contributed by atoms with Crippen molar-refractivity contribution in [1.82, 2.24) is 0 Å². The summed E-state index contributed by atoms with van der Waals surface area (Å²) in [7, 11) is 0. The number of benzene rings is 2. The van der Waals surface area contributed by atoms with Crippen LogP contribution >= 0.6 is 0 Å². The molecule has 0 aromatic heterocycles. The molecule has 22 heavy (non-hydrogen) atoms. The average molecular weight is 296 g/mol. The Morgan fingerprint density at radius 2 is 1.64 bits per heavy atom. The number of ether oxygens (including phenoxy) is 1. The van der Waals surface area contributed by atoms with E-state index in [4.69, 9.17) is 4.74 Å². The van der Waals surface area contributed by atoms with Crippen molar-refractivity contribution in [2.24, 2.45) is 0 Å². The second-order valence-electron chi connectivity index (χ2n) is 5.49. The lowest BCUT2D eigenvalue weighted by molar-refractivity contribution is 0.112. The lowest BCUT2D eigenvalue weighted by atomic mass is 10.0. The van der Waals surface area contributed by atoms with Gasteiger partial charge in [0.15, 0.2) is 6.29 Å². The highest BCUT2D eigenvalue weighted by molar-refractivity contribution is 5.87. The molecule has 0 atom stereocenters. The lowest BCUT2D eigenvalue weighted by Gasteiger charge is -2.08. The van der Waals surface area contributed by atoms with E-state index in [0.29, 0.717) is 5.56 Å². The summed E-state index contributed by atoms with van der Waals surface area (Å²) in [6.45, 7) is 2.99. The monoisotopic (exact) mass is 296 g/mol. The van der Waals surface area contributed by atoms with Crippen molar-refractivity contribution in [1.29, 1.82) is 0 Å². The molecule has 0 spiro atoms. The molecular weight excluding hydrogens is 272 g/mol. The Bertz CT molecular complexity index is 573. The number of aldehydes is 1. The molecule has 2 aromatic carbocycles. The van der Waals surface area contributed by atoms with E-state index < -0.39 is 0 Å². The quantitative estimate of drug-likeness (QED) is 0.450. The molecule has 0 aliphatic carbocycles. The molecule has 0 saturated heterocycles. The van der Waals surface area contributed by atoms with Gasteiger partial charge in [-0.15, -0.1) is 0 Å². The van der Waals surface area contributed by atoms with Gasteiger partial charge in [-0.05, 0) is 29.7 Å². The smallest absolute Gasteiger partial charge is 0.150 e. The van der Waals surface area contributed by atoms with Gasteiger partial charge in [0.05, 0.1) is 6.61 Å². The molecule has 0 bridgehead atoms. The Morgan fingerprint density at radius 3 is 2.36 bits per heavy atom. The zero-order valence-corrected chi connectivity index (χ0v) is 13.3. The van der Waals surface area contributed by atoms with Crippen LogP contribution in [0.3, 0.4) is 0 Å². The molecule has 0 N–H and O–H groups in total. The maximum absolute atomic E-state index is 11.1. The van der Waals surface area contributed by atoms with Crippen LogP contribution < -0.4 is 4.74 Å². The third-order valence-electron chi connectivity index (χ3n) is 3.77. The molecule has 2 nitrogen and oxygen atoms in total. The molecule has 0 aliphatic heterocycles. The molecular formula is C20H24O2. The van der Waals surface area contributed by atoms with Crippen LogP contribution in [0.2, 0.25) is 0 Å². The van der Waals surface area contributed by atoms with Crippen LogP contribution in [0.4, 0.5) is 0 Å². The average Bonchev–Trinajstić information content (AvgIpc) is 2.58. The van der Waals surface area contributed by atoms with Gasteiger partial charge >= 0.3 is 0 Å². The first-order valence-corrected chi connectivity index (χ1v) is 8.12.